The van der Waals surface area contributed by atoms with Crippen LogP contribution in [0.25, 0.3) is 0 Å². The summed E-state index contributed by atoms with van der Waals surface area (Å²) in [6, 6.07) is 16.1. The smallest absolute Gasteiger partial charge is 0.262 e. The lowest BCUT2D eigenvalue weighted by Crippen LogP contribution is -2.32. The van der Waals surface area contributed by atoms with E-state index in [0.717, 1.165) is 10.4 Å². The fraction of sp³-hybridized carbons (Fsp3) is 0.240. The van der Waals surface area contributed by atoms with Crippen molar-refractivity contribution in [3.05, 3.63) is 75.4 Å². The van der Waals surface area contributed by atoms with Gasteiger partial charge in [0.15, 0.2) is 6.61 Å². The van der Waals surface area contributed by atoms with Crippen LogP contribution in [0.2, 0.25) is 5.02 Å². The maximum atomic E-state index is 12.5. The first-order valence-electron chi connectivity index (χ1n) is 10.8. The first-order valence-corrected chi connectivity index (χ1v) is 12.0. The third-order valence-corrected chi connectivity index (χ3v) is 6.86. The molecule has 7 nitrogen and oxygen atoms in total. The summed E-state index contributed by atoms with van der Waals surface area (Å²) in [7, 11) is 0. The van der Waals surface area contributed by atoms with Crippen molar-refractivity contribution in [3.63, 3.8) is 0 Å². The molecule has 176 valence electrons. The van der Waals surface area contributed by atoms with E-state index in [1.165, 1.54) is 0 Å². The van der Waals surface area contributed by atoms with Gasteiger partial charge in [-0.25, -0.2) is 0 Å². The summed E-state index contributed by atoms with van der Waals surface area (Å²) in [5, 5.41) is 8.22. The highest BCUT2D eigenvalue weighted by atomic mass is 35.5. The molecule has 1 aliphatic rings. The van der Waals surface area contributed by atoms with Gasteiger partial charge in [-0.1, -0.05) is 23.7 Å². The van der Waals surface area contributed by atoms with Crippen LogP contribution in [0, 0.1) is 12.8 Å². The molecule has 3 amide bonds. The number of thiophene rings is 1. The molecule has 0 saturated carbocycles. The van der Waals surface area contributed by atoms with Crippen LogP contribution in [0.5, 0.6) is 5.75 Å². The predicted octanol–water partition coefficient (Wildman–Crippen LogP) is 4.40. The Morgan fingerprint density at radius 3 is 2.68 bits per heavy atom. The van der Waals surface area contributed by atoms with Gasteiger partial charge >= 0.3 is 0 Å². The molecule has 34 heavy (non-hydrogen) atoms. The van der Waals surface area contributed by atoms with E-state index in [-0.39, 0.29) is 36.7 Å². The van der Waals surface area contributed by atoms with Gasteiger partial charge < -0.3 is 20.3 Å². The minimum atomic E-state index is -0.387. The zero-order valence-corrected chi connectivity index (χ0v) is 20.1. The molecule has 9 heteroatoms. The molecule has 1 saturated heterocycles. The molecule has 0 spiro atoms. The molecule has 0 aliphatic carbocycles. The normalized spacial score (nSPS) is 15.3. The van der Waals surface area contributed by atoms with E-state index in [4.69, 9.17) is 16.3 Å². The molecule has 2 N–H and O–H groups in total. The van der Waals surface area contributed by atoms with Crippen LogP contribution in [0.4, 0.5) is 11.4 Å². The van der Waals surface area contributed by atoms with Gasteiger partial charge in [0.05, 0.1) is 12.5 Å². The summed E-state index contributed by atoms with van der Waals surface area (Å²) in [6.07, 6.45) is 0.178. The maximum Gasteiger partial charge on any atom is 0.262 e. The van der Waals surface area contributed by atoms with E-state index in [2.05, 4.69) is 10.6 Å². The largest absolute Gasteiger partial charge is 0.484 e. The number of hydrogen-bond acceptors (Lipinski definition) is 5. The number of benzene rings is 2. The van der Waals surface area contributed by atoms with E-state index in [1.807, 2.05) is 24.4 Å². The molecule has 1 atom stereocenters. The molecule has 1 aliphatic heterocycles. The molecular formula is C25H24ClN3O4S. The van der Waals surface area contributed by atoms with Crippen LogP contribution >= 0.6 is 22.9 Å². The second-order valence-corrected chi connectivity index (χ2v) is 9.39. The lowest BCUT2D eigenvalue weighted by Gasteiger charge is -2.17. The number of ether oxygens (including phenoxy) is 1. The van der Waals surface area contributed by atoms with Crippen LogP contribution < -0.4 is 20.3 Å². The Hall–Kier alpha value is -3.36. The lowest BCUT2D eigenvalue weighted by atomic mass is 10.1. The molecule has 0 radical (unpaired) electrons. The standard InChI is InChI=1S/C25H24ClN3O4S/c1-16-21(26)5-2-6-22(16)28-23(30)15-33-19-9-7-18(8-10-19)29-14-17(12-24(29)31)25(32)27-13-20-4-3-11-34-20/h2-11,17H,12-15H2,1H3,(H,27,32)(H,28,30). The van der Waals surface area contributed by atoms with Gasteiger partial charge in [0.1, 0.15) is 5.75 Å². The highest BCUT2D eigenvalue weighted by molar-refractivity contribution is 7.09. The predicted molar refractivity (Wildman–Crippen MR) is 133 cm³/mol. The molecule has 1 fully saturated rings. The number of halogens is 1. The highest BCUT2D eigenvalue weighted by Crippen LogP contribution is 2.27. The number of nitrogens with zero attached hydrogens (tertiary/aromatic N) is 1. The average Bonchev–Trinajstić information content (AvgIpc) is 3.49. The molecule has 4 rings (SSSR count). The second kappa shape index (κ2) is 10.7. The van der Waals surface area contributed by atoms with Crippen LogP contribution in [0.15, 0.2) is 60.0 Å². The number of amides is 3. The Labute approximate surface area is 206 Å². The monoisotopic (exact) mass is 497 g/mol. The third kappa shape index (κ3) is 5.76. The Kier molecular flexibility index (Phi) is 7.49. The number of anilines is 2. The van der Waals surface area contributed by atoms with Crippen molar-refractivity contribution >= 4 is 52.0 Å². The number of nitrogens with one attached hydrogen (secondary N) is 2. The molecular weight excluding hydrogens is 474 g/mol. The molecule has 2 heterocycles. The van der Waals surface area contributed by atoms with Crippen LogP contribution in [-0.2, 0) is 20.9 Å². The van der Waals surface area contributed by atoms with Gasteiger partial charge in [0, 0.05) is 34.2 Å². The molecule has 1 unspecified atom stereocenters. The summed E-state index contributed by atoms with van der Waals surface area (Å²) in [4.78, 5) is 39.9. The molecule has 0 bridgehead atoms. The summed E-state index contributed by atoms with van der Waals surface area (Å²) in [5.74, 6) is -0.410. The summed E-state index contributed by atoms with van der Waals surface area (Å²) < 4.78 is 5.57. The summed E-state index contributed by atoms with van der Waals surface area (Å²) in [6.45, 7) is 2.46. The quantitative estimate of drug-likeness (QED) is 0.483. The Morgan fingerprint density at radius 2 is 1.94 bits per heavy atom. The van der Waals surface area contributed by atoms with Crippen molar-refractivity contribution in [2.45, 2.75) is 19.9 Å². The topological polar surface area (TPSA) is 87.7 Å². The minimum Gasteiger partial charge on any atom is -0.484 e. The first kappa shape index (κ1) is 23.8. The fourth-order valence-electron chi connectivity index (χ4n) is 3.66. The van der Waals surface area contributed by atoms with E-state index in [1.54, 1.807) is 58.7 Å². The number of carbonyl (C=O) groups excluding carboxylic acids is 3. The van der Waals surface area contributed by atoms with Crippen molar-refractivity contribution in [2.75, 3.05) is 23.4 Å². The van der Waals surface area contributed by atoms with Gasteiger partial charge in [-0.15, -0.1) is 11.3 Å². The van der Waals surface area contributed by atoms with Gasteiger partial charge in [-0.2, -0.15) is 0 Å². The lowest BCUT2D eigenvalue weighted by molar-refractivity contribution is -0.126. The fourth-order valence-corrected chi connectivity index (χ4v) is 4.48. The van der Waals surface area contributed by atoms with Gasteiger partial charge in [-0.05, 0) is 60.3 Å². The van der Waals surface area contributed by atoms with Gasteiger partial charge in [0.2, 0.25) is 11.8 Å². The maximum absolute atomic E-state index is 12.5. The van der Waals surface area contributed by atoms with Crippen molar-refractivity contribution in [3.8, 4) is 5.75 Å². The minimum absolute atomic E-state index is 0.0961. The Bertz CT molecular complexity index is 1180. The van der Waals surface area contributed by atoms with Crippen molar-refractivity contribution < 1.29 is 19.1 Å². The van der Waals surface area contributed by atoms with E-state index >= 15 is 0 Å². The van der Waals surface area contributed by atoms with Crippen LogP contribution in [0.1, 0.15) is 16.9 Å². The Morgan fingerprint density at radius 1 is 1.15 bits per heavy atom. The zero-order valence-electron chi connectivity index (χ0n) is 18.5. The van der Waals surface area contributed by atoms with Gasteiger partial charge in [0.25, 0.3) is 5.91 Å². The van der Waals surface area contributed by atoms with Gasteiger partial charge in [-0.3, -0.25) is 14.4 Å². The SMILES string of the molecule is Cc1c(Cl)cccc1NC(=O)COc1ccc(N2CC(C(=O)NCc3cccs3)CC2=O)cc1. The highest BCUT2D eigenvalue weighted by Gasteiger charge is 2.35. The summed E-state index contributed by atoms with van der Waals surface area (Å²) in [5.41, 5.74) is 2.11. The second-order valence-electron chi connectivity index (χ2n) is 7.95. The average molecular weight is 498 g/mol. The van der Waals surface area contributed by atoms with Crippen molar-refractivity contribution in [1.82, 2.24) is 5.32 Å². The van der Waals surface area contributed by atoms with Crippen LogP contribution in [-0.4, -0.2) is 30.9 Å². The van der Waals surface area contributed by atoms with E-state index in [0.29, 0.717) is 35.2 Å². The first-order chi connectivity index (χ1) is 16.4. The molecule has 3 aromatic rings. The van der Waals surface area contributed by atoms with Crippen molar-refractivity contribution in [2.24, 2.45) is 5.92 Å². The molecule has 2 aromatic carbocycles. The van der Waals surface area contributed by atoms with E-state index in [9.17, 15) is 14.4 Å². The summed E-state index contributed by atoms with van der Waals surface area (Å²) >= 11 is 7.66. The number of carbonyl (C=O) groups is 3. The van der Waals surface area contributed by atoms with E-state index < -0.39 is 0 Å². The number of rotatable bonds is 8. The Balaban J connectivity index is 1.28. The molecule has 1 aromatic heterocycles. The van der Waals surface area contributed by atoms with Crippen molar-refractivity contribution in [1.29, 1.82) is 0 Å². The van der Waals surface area contributed by atoms with Crippen LogP contribution in [0.3, 0.4) is 0 Å². The zero-order chi connectivity index (χ0) is 24.1. The number of hydrogen-bond donors (Lipinski definition) is 2. The third-order valence-electron chi connectivity index (χ3n) is 5.57.